The maximum atomic E-state index is 9.35. The van der Waals surface area contributed by atoms with Crippen LogP contribution >= 0.6 is 0 Å². The average molecular weight is 193 g/mol. The van der Waals surface area contributed by atoms with Gasteiger partial charge in [-0.1, -0.05) is 0 Å². The molecule has 0 amide bonds. The van der Waals surface area contributed by atoms with Gasteiger partial charge in [-0.05, 0) is 25.7 Å². The van der Waals surface area contributed by atoms with E-state index in [1.54, 1.807) is 18.6 Å². The molecule has 0 aromatic carbocycles. The molecule has 1 saturated carbocycles. The van der Waals surface area contributed by atoms with E-state index in [-0.39, 0.29) is 12.1 Å². The second kappa shape index (κ2) is 3.53. The fourth-order valence-electron chi connectivity index (χ4n) is 1.65. The summed E-state index contributed by atoms with van der Waals surface area (Å²) in [6.07, 6.45) is 7.33. The minimum Gasteiger partial charge on any atom is -0.394 e. The van der Waals surface area contributed by atoms with Gasteiger partial charge in [0.05, 0.1) is 18.3 Å². The van der Waals surface area contributed by atoms with Gasteiger partial charge in [0.1, 0.15) is 5.82 Å². The quantitative estimate of drug-likeness (QED) is 0.750. The van der Waals surface area contributed by atoms with Crippen LogP contribution in [0, 0.1) is 5.92 Å². The molecule has 0 bridgehead atoms. The van der Waals surface area contributed by atoms with Gasteiger partial charge in [-0.25, -0.2) is 4.98 Å². The first-order valence-corrected chi connectivity index (χ1v) is 4.90. The third-order valence-electron chi connectivity index (χ3n) is 2.78. The zero-order valence-corrected chi connectivity index (χ0v) is 8.27. The van der Waals surface area contributed by atoms with E-state index in [4.69, 9.17) is 0 Å². The summed E-state index contributed by atoms with van der Waals surface area (Å²) in [4.78, 5) is 8.11. The normalized spacial score (nSPS) is 20.1. The summed E-state index contributed by atoms with van der Waals surface area (Å²) < 4.78 is 0. The number of aromatic nitrogens is 2. The Morgan fingerprint density at radius 2 is 2.36 bits per heavy atom. The number of hydrogen-bond donors (Lipinski definition) is 2. The molecule has 76 valence electrons. The van der Waals surface area contributed by atoms with Crippen molar-refractivity contribution < 1.29 is 5.11 Å². The summed E-state index contributed by atoms with van der Waals surface area (Å²) in [6.45, 7) is 2.16. The van der Waals surface area contributed by atoms with Crippen molar-refractivity contribution in [2.75, 3.05) is 11.9 Å². The van der Waals surface area contributed by atoms with Crippen molar-refractivity contribution in [1.29, 1.82) is 0 Å². The van der Waals surface area contributed by atoms with Gasteiger partial charge in [-0.15, -0.1) is 0 Å². The molecule has 1 unspecified atom stereocenters. The molecule has 1 heterocycles. The summed E-state index contributed by atoms with van der Waals surface area (Å²) >= 11 is 0. The molecule has 1 fully saturated rings. The maximum Gasteiger partial charge on any atom is 0.144 e. The van der Waals surface area contributed by atoms with E-state index < -0.39 is 0 Å². The highest BCUT2D eigenvalue weighted by molar-refractivity contribution is 5.35. The van der Waals surface area contributed by atoms with Crippen LogP contribution in [0.1, 0.15) is 19.8 Å². The summed E-state index contributed by atoms with van der Waals surface area (Å²) in [5, 5.41) is 12.6. The first-order valence-electron chi connectivity index (χ1n) is 4.90. The molecule has 14 heavy (non-hydrogen) atoms. The van der Waals surface area contributed by atoms with Gasteiger partial charge in [0.2, 0.25) is 0 Å². The predicted molar refractivity (Wildman–Crippen MR) is 53.9 cm³/mol. The van der Waals surface area contributed by atoms with E-state index in [0.29, 0.717) is 5.92 Å². The van der Waals surface area contributed by atoms with Crippen molar-refractivity contribution in [2.24, 2.45) is 5.92 Å². The topological polar surface area (TPSA) is 58.0 Å². The van der Waals surface area contributed by atoms with Gasteiger partial charge in [-0.3, -0.25) is 4.98 Å². The minimum absolute atomic E-state index is 0.133. The lowest BCUT2D eigenvalue weighted by atomic mass is 9.97. The first-order chi connectivity index (χ1) is 6.74. The van der Waals surface area contributed by atoms with Gasteiger partial charge in [-0.2, -0.15) is 0 Å². The smallest absolute Gasteiger partial charge is 0.144 e. The highest BCUT2D eigenvalue weighted by Crippen LogP contribution is 2.40. The van der Waals surface area contributed by atoms with Crippen LogP contribution in [0.3, 0.4) is 0 Å². The molecule has 1 aliphatic carbocycles. The largest absolute Gasteiger partial charge is 0.394 e. The number of hydrogen-bond acceptors (Lipinski definition) is 4. The molecule has 0 aliphatic heterocycles. The van der Waals surface area contributed by atoms with Gasteiger partial charge < -0.3 is 10.4 Å². The van der Waals surface area contributed by atoms with E-state index in [1.807, 2.05) is 6.92 Å². The Hall–Kier alpha value is -1.16. The Bertz CT molecular complexity index is 299. The van der Waals surface area contributed by atoms with Crippen LogP contribution in [-0.2, 0) is 0 Å². The van der Waals surface area contributed by atoms with Crippen LogP contribution in [-0.4, -0.2) is 27.2 Å². The minimum atomic E-state index is -0.240. The molecule has 0 spiro atoms. The lowest BCUT2D eigenvalue weighted by molar-refractivity contribution is 0.205. The summed E-state index contributed by atoms with van der Waals surface area (Å²) in [5.74, 6) is 1.30. The Labute approximate surface area is 83.4 Å². The lowest BCUT2D eigenvalue weighted by Crippen LogP contribution is -2.41. The number of anilines is 1. The summed E-state index contributed by atoms with van der Waals surface area (Å²) in [7, 11) is 0. The van der Waals surface area contributed by atoms with Crippen LogP contribution in [0.4, 0.5) is 5.82 Å². The van der Waals surface area contributed by atoms with Crippen LogP contribution < -0.4 is 5.32 Å². The summed E-state index contributed by atoms with van der Waals surface area (Å²) in [5.41, 5.74) is -0.240. The summed E-state index contributed by atoms with van der Waals surface area (Å²) in [6, 6.07) is 0. The fourth-order valence-corrected chi connectivity index (χ4v) is 1.65. The second-order valence-corrected chi connectivity index (χ2v) is 4.07. The van der Waals surface area contributed by atoms with E-state index >= 15 is 0 Å². The zero-order chi connectivity index (χ0) is 10.0. The van der Waals surface area contributed by atoms with Crippen molar-refractivity contribution in [3.8, 4) is 0 Å². The van der Waals surface area contributed by atoms with Crippen molar-refractivity contribution in [2.45, 2.75) is 25.3 Å². The number of aliphatic hydroxyl groups excluding tert-OH is 1. The molecule has 1 aromatic heterocycles. The number of nitrogens with one attached hydrogen (secondary N) is 1. The third kappa shape index (κ3) is 1.85. The maximum absolute atomic E-state index is 9.35. The first kappa shape index (κ1) is 9.40. The van der Waals surface area contributed by atoms with Crippen LogP contribution in [0.25, 0.3) is 0 Å². The Balaban J connectivity index is 2.08. The van der Waals surface area contributed by atoms with Gasteiger partial charge in [0.25, 0.3) is 0 Å². The molecule has 1 aliphatic rings. The van der Waals surface area contributed by atoms with Crippen molar-refractivity contribution in [3.63, 3.8) is 0 Å². The average Bonchev–Trinajstić information content (AvgIpc) is 3.03. The standard InChI is InChI=1S/C10H15N3O/c1-10(7-14,8-2-3-8)13-9-6-11-4-5-12-9/h4-6,8,14H,2-3,7H2,1H3,(H,12,13). The van der Waals surface area contributed by atoms with Crippen LogP contribution in [0.15, 0.2) is 18.6 Å². The molecule has 0 saturated heterocycles. The molecule has 2 rings (SSSR count). The SMILES string of the molecule is CC(CO)(Nc1cnccn1)C1CC1. The number of aliphatic hydroxyl groups is 1. The second-order valence-electron chi connectivity index (χ2n) is 4.07. The third-order valence-corrected chi connectivity index (χ3v) is 2.78. The molecular weight excluding hydrogens is 178 g/mol. The number of rotatable bonds is 4. The van der Waals surface area contributed by atoms with E-state index in [1.165, 1.54) is 12.8 Å². The zero-order valence-electron chi connectivity index (χ0n) is 8.27. The lowest BCUT2D eigenvalue weighted by Gasteiger charge is -2.29. The monoisotopic (exact) mass is 193 g/mol. The molecule has 4 nitrogen and oxygen atoms in total. The molecule has 1 atom stereocenters. The van der Waals surface area contributed by atoms with Crippen LogP contribution in [0.2, 0.25) is 0 Å². The molecular formula is C10H15N3O. The van der Waals surface area contributed by atoms with E-state index in [9.17, 15) is 5.11 Å². The molecule has 1 aromatic rings. The van der Waals surface area contributed by atoms with E-state index in [0.717, 1.165) is 5.82 Å². The molecule has 2 N–H and O–H groups in total. The highest BCUT2D eigenvalue weighted by atomic mass is 16.3. The van der Waals surface area contributed by atoms with E-state index in [2.05, 4.69) is 15.3 Å². The number of nitrogens with zero attached hydrogens (tertiary/aromatic N) is 2. The van der Waals surface area contributed by atoms with Crippen molar-refractivity contribution in [1.82, 2.24) is 9.97 Å². The van der Waals surface area contributed by atoms with Gasteiger partial charge in [0, 0.05) is 12.4 Å². The molecule has 4 heteroatoms. The molecule has 0 radical (unpaired) electrons. The van der Waals surface area contributed by atoms with Gasteiger partial charge in [0.15, 0.2) is 0 Å². The van der Waals surface area contributed by atoms with Crippen molar-refractivity contribution in [3.05, 3.63) is 18.6 Å². The predicted octanol–water partition coefficient (Wildman–Crippen LogP) is 1.05. The Kier molecular flexibility index (Phi) is 2.37. The fraction of sp³-hybridized carbons (Fsp3) is 0.600. The highest BCUT2D eigenvalue weighted by Gasteiger charge is 2.41. The van der Waals surface area contributed by atoms with Crippen molar-refractivity contribution >= 4 is 5.82 Å². The van der Waals surface area contributed by atoms with Crippen LogP contribution in [0.5, 0.6) is 0 Å². The Morgan fingerprint density at radius 3 is 2.86 bits per heavy atom. The Morgan fingerprint density at radius 1 is 1.57 bits per heavy atom. The van der Waals surface area contributed by atoms with Gasteiger partial charge >= 0.3 is 0 Å².